The third kappa shape index (κ3) is 8.03. The first kappa shape index (κ1) is 33.6. The van der Waals surface area contributed by atoms with Crippen molar-refractivity contribution in [2.45, 2.75) is 69.4 Å². The van der Waals surface area contributed by atoms with Crippen LogP contribution in [0.25, 0.3) is 0 Å². The van der Waals surface area contributed by atoms with Crippen LogP contribution >= 0.6 is 0 Å². The van der Waals surface area contributed by atoms with Gasteiger partial charge in [-0.2, -0.15) is 0 Å². The summed E-state index contributed by atoms with van der Waals surface area (Å²) in [7, 11) is -1.81. The van der Waals surface area contributed by atoms with Crippen molar-refractivity contribution >= 4 is 8.32 Å². The second kappa shape index (κ2) is 15.1. The van der Waals surface area contributed by atoms with Gasteiger partial charge >= 0.3 is 0 Å². The number of oxazole rings is 1. The molecule has 0 amide bonds. The van der Waals surface area contributed by atoms with Gasteiger partial charge in [0.05, 0.1) is 31.0 Å². The largest absolute Gasteiger partial charge is 0.443 e. The summed E-state index contributed by atoms with van der Waals surface area (Å²) in [6, 6.07) is 30.3. The van der Waals surface area contributed by atoms with Crippen molar-refractivity contribution in [3.8, 4) is 0 Å². The fourth-order valence-electron chi connectivity index (χ4n) is 5.12. The van der Waals surface area contributed by atoms with Crippen LogP contribution in [0.3, 0.4) is 0 Å². The molecule has 234 valence electrons. The molecule has 0 aliphatic heterocycles. The molecule has 0 spiro atoms. The molecule has 0 aliphatic rings. The first-order valence-corrected chi connectivity index (χ1v) is 18.4. The molecular weight excluding hydrogens is 565 g/mol. The zero-order chi connectivity index (χ0) is 31.6. The molecule has 1 heterocycles. The molecule has 0 aliphatic carbocycles. The lowest BCUT2D eigenvalue weighted by Crippen LogP contribution is -2.53. The molecule has 2 N–H and O–H groups in total. The first-order chi connectivity index (χ1) is 21.1. The lowest BCUT2D eigenvalue weighted by atomic mass is 9.76. The van der Waals surface area contributed by atoms with Crippen LogP contribution in [0.5, 0.6) is 0 Å². The average Bonchev–Trinajstić information content (AvgIpc) is 3.51. The standard InChI is InChI=1S/C37H48N2O4Si/c1-7-25-41-28-33(34(40)35-38-27-32(43-35)24-17-26-42-44(5,6)36(2,3)4)39-37(29-18-11-8-12-19-29,30-20-13-9-14-21-30)31-22-15-10-16-23-31/h7-16,18-23,27,33-34,39-40H,1,17,24-26,28H2,2-6H3/t33-,34+/m0/s1. The Balaban J connectivity index is 1.64. The molecule has 4 rings (SSSR count). The molecular formula is C37H48N2O4Si. The molecule has 2 atom stereocenters. The Morgan fingerprint density at radius 2 is 1.43 bits per heavy atom. The summed E-state index contributed by atoms with van der Waals surface area (Å²) in [6.07, 6.45) is 3.84. The maximum Gasteiger partial charge on any atom is 0.224 e. The van der Waals surface area contributed by atoms with Gasteiger partial charge in [0.2, 0.25) is 5.89 Å². The Bertz CT molecular complexity index is 1320. The quantitative estimate of drug-likeness (QED) is 0.0582. The van der Waals surface area contributed by atoms with Crippen LogP contribution in [-0.2, 0) is 21.1 Å². The van der Waals surface area contributed by atoms with Gasteiger partial charge in [0, 0.05) is 13.0 Å². The molecule has 0 radical (unpaired) electrons. The van der Waals surface area contributed by atoms with E-state index >= 15 is 0 Å². The molecule has 0 saturated carbocycles. The number of aliphatic hydroxyl groups excluding tert-OH is 1. The molecule has 44 heavy (non-hydrogen) atoms. The molecule has 1 aromatic heterocycles. The molecule has 4 aromatic rings. The number of hydrogen-bond acceptors (Lipinski definition) is 6. The first-order valence-electron chi connectivity index (χ1n) is 15.5. The molecule has 3 aromatic carbocycles. The third-order valence-electron chi connectivity index (χ3n) is 8.60. The highest BCUT2D eigenvalue weighted by Crippen LogP contribution is 2.39. The van der Waals surface area contributed by atoms with Gasteiger partial charge in [-0.05, 0) is 41.2 Å². The normalized spacial score (nSPS) is 13.9. The predicted molar refractivity (Wildman–Crippen MR) is 180 cm³/mol. The van der Waals surface area contributed by atoms with E-state index in [4.69, 9.17) is 13.6 Å². The second-order valence-electron chi connectivity index (χ2n) is 12.7. The Morgan fingerprint density at radius 1 is 0.909 bits per heavy atom. The number of aliphatic hydroxyl groups is 1. The van der Waals surface area contributed by atoms with E-state index < -0.39 is 26.0 Å². The molecule has 0 unspecified atom stereocenters. The van der Waals surface area contributed by atoms with E-state index in [0.717, 1.165) is 28.9 Å². The van der Waals surface area contributed by atoms with Gasteiger partial charge in [-0.1, -0.05) is 118 Å². The summed E-state index contributed by atoms with van der Waals surface area (Å²) >= 11 is 0. The Labute approximate surface area is 264 Å². The molecule has 0 saturated heterocycles. The van der Waals surface area contributed by atoms with Gasteiger partial charge in [-0.3, -0.25) is 5.32 Å². The zero-order valence-corrected chi connectivity index (χ0v) is 27.8. The minimum atomic E-state index is -1.81. The van der Waals surface area contributed by atoms with E-state index in [-0.39, 0.29) is 17.5 Å². The minimum absolute atomic E-state index is 0.167. The van der Waals surface area contributed by atoms with Crippen LogP contribution in [0.2, 0.25) is 18.1 Å². The van der Waals surface area contributed by atoms with Crippen molar-refractivity contribution in [3.05, 3.63) is 138 Å². The summed E-state index contributed by atoms with van der Waals surface area (Å²) in [5.41, 5.74) is 2.30. The van der Waals surface area contributed by atoms with Gasteiger partial charge in [0.15, 0.2) is 8.32 Å². The number of ether oxygens (including phenoxy) is 1. The molecule has 0 bridgehead atoms. The van der Waals surface area contributed by atoms with Crippen LogP contribution in [0.1, 0.15) is 61.6 Å². The molecule has 6 nitrogen and oxygen atoms in total. The third-order valence-corrected chi connectivity index (χ3v) is 13.1. The lowest BCUT2D eigenvalue weighted by molar-refractivity contribution is 0.0340. The van der Waals surface area contributed by atoms with E-state index in [1.807, 2.05) is 54.6 Å². The monoisotopic (exact) mass is 612 g/mol. The highest BCUT2D eigenvalue weighted by molar-refractivity contribution is 6.74. The van der Waals surface area contributed by atoms with E-state index in [2.05, 4.69) is 87.1 Å². The summed E-state index contributed by atoms with van der Waals surface area (Å²) in [5, 5.41) is 15.8. The number of benzene rings is 3. The highest BCUT2D eigenvalue weighted by atomic mass is 28.4. The van der Waals surface area contributed by atoms with Gasteiger partial charge in [0.25, 0.3) is 0 Å². The van der Waals surface area contributed by atoms with Crippen molar-refractivity contribution in [1.29, 1.82) is 0 Å². The smallest absolute Gasteiger partial charge is 0.224 e. The van der Waals surface area contributed by atoms with E-state index in [1.165, 1.54) is 0 Å². The van der Waals surface area contributed by atoms with Crippen molar-refractivity contribution in [3.63, 3.8) is 0 Å². The Hall–Kier alpha value is -3.33. The maximum absolute atomic E-state index is 11.8. The fourth-order valence-corrected chi connectivity index (χ4v) is 6.21. The predicted octanol–water partition coefficient (Wildman–Crippen LogP) is 7.82. The van der Waals surface area contributed by atoms with Crippen molar-refractivity contribution in [2.24, 2.45) is 0 Å². The number of aromatic nitrogens is 1. The van der Waals surface area contributed by atoms with Crippen molar-refractivity contribution in [2.75, 3.05) is 19.8 Å². The van der Waals surface area contributed by atoms with E-state index in [1.54, 1.807) is 12.3 Å². The van der Waals surface area contributed by atoms with Gasteiger partial charge < -0.3 is 18.7 Å². The summed E-state index contributed by atoms with van der Waals surface area (Å²) in [6.45, 7) is 16.3. The van der Waals surface area contributed by atoms with Gasteiger partial charge in [0.1, 0.15) is 11.9 Å². The summed E-state index contributed by atoms with van der Waals surface area (Å²) < 4.78 is 18.4. The second-order valence-corrected chi connectivity index (χ2v) is 17.6. The van der Waals surface area contributed by atoms with Gasteiger partial charge in [-0.25, -0.2) is 4.98 Å². The van der Waals surface area contributed by atoms with E-state index in [9.17, 15) is 5.11 Å². The number of nitrogens with one attached hydrogen (secondary N) is 1. The van der Waals surface area contributed by atoms with E-state index in [0.29, 0.717) is 19.6 Å². The van der Waals surface area contributed by atoms with Crippen molar-refractivity contribution < 1.29 is 18.7 Å². The maximum atomic E-state index is 11.8. The Morgan fingerprint density at radius 3 is 1.91 bits per heavy atom. The van der Waals surface area contributed by atoms with Crippen molar-refractivity contribution in [1.82, 2.24) is 10.3 Å². The fraction of sp³-hybridized carbons (Fsp3) is 0.378. The average molecular weight is 613 g/mol. The van der Waals surface area contributed by atoms with Crippen LogP contribution in [0.15, 0.2) is 114 Å². The summed E-state index contributed by atoms with van der Waals surface area (Å²) in [4.78, 5) is 4.52. The lowest BCUT2D eigenvalue weighted by Gasteiger charge is -2.41. The Kier molecular flexibility index (Phi) is 11.5. The number of hydrogen-bond donors (Lipinski definition) is 2. The minimum Gasteiger partial charge on any atom is -0.443 e. The van der Waals surface area contributed by atoms with Crippen LogP contribution in [0, 0.1) is 0 Å². The van der Waals surface area contributed by atoms with Crippen LogP contribution in [0.4, 0.5) is 0 Å². The number of nitrogens with zero attached hydrogens (tertiary/aromatic N) is 1. The van der Waals surface area contributed by atoms with Gasteiger partial charge in [-0.15, -0.1) is 6.58 Å². The van der Waals surface area contributed by atoms with Crippen LogP contribution in [-0.4, -0.2) is 44.3 Å². The summed E-state index contributed by atoms with van der Waals surface area (Å²) in [5.74, 6) is 0.984. The molecule has 0 fully saturated rings. The number of rotatable bonds is 16. The number of aryl methyl sites for hydroxylation is 1. The topological polar surface area (TPSA) is 76.8 Å². The highest BCUT2D eigenvalue weighted by Gasteiger charge is 2.41. The zero-order valence-electron chi connectivity index (χ0n) is 26.8. The molecule has 7 heteroatoms. The van der Waals surface area contributed by atoms with Crippen LogP contribution < -0.4 is 5.32 Å². The SMILES string of the molecule is C=CCOC[C@H](NC(c1ccccc1)(c1ccccc1)c1ccccc1)[C@@H](O)c1ncc(CCCO[Si](C)(C)C(C)(C)C)o1.